The summed E-state index contributed by atoms with van der Waals surface area (Å²) < 4.78 is 4.74. The number of hydrogen-bond acceptors (Lipinski definition) is 4. The number of carbonyl (C=O) groups excluding carboxylic acids is 1. The van der Waals surface area contributed by atoms with E-state index in [-0.39, 0.29) is 6.61 Å². The number of amides is 1. The Bertz CT molecular complexity index is 567. The van der Waals surface area contributed by atoms with E-state index in [0.717, 1.165) is 10.5 Å². The maximum Gasteiger partial charge on any atom is 0.404 e. The van der Waals surface area contributed by atoms with Crippen molar-refractivity contribution < 1.29 is 9.53 Å². The van der Waals surface area contributed by atoms with Crippen molar-refractivity contribution in [1.82, 2.24) is 0 Å². The molecule has 0 saturated heterocycles. The van der Waals surface area contributed by atoms with E-state index in [2.05, 4.69) is 31.2 Å². The molecular formula is C15H15NO2S2. The van der Waals surface area contributed by atoms with Crippen LogP contribution in [0.2, 0.25) is 0 Å². The second-order valence-electron chi connectivity index (χ2n) is 4.23. The SMILES string of the molecule is Cc1ccc(SSc2ccc(COC(N)=O)cc2)cc1. The minimum absolute atomic E-state index is 0.214. The lowest BCUT2D eigenvalue weighted by Gasteiger charge is -2.04. The van der Waals surface area contributed by atoms with Crippen molar-refractivity contribution in [3.05, 3.63) is 59.7 Å². The summed E-state index contributed by atoms with van der Waals surface area (Å²) in [6.07, 6.45) is -0.752. The average Bonchev–Trinajstić information content (AvgIpc) is 2.45. The first-order chi connectivity index (χ1) is 9.63. The van der Waals surface area contributed by atoms with Gasteiger partial charge in [-0.3, -0.25) is 0 Å². The maximum absolute atomic E-state index is 10.5. The molecule has 2 aromatic rings. The molecule has 1 amide bonds. The van der Waals surface area contributed by atoms with Gasteiger partial charge >= 0.3 is 6.09 Å². The highest BCUT2D eigenvalue weighted by Crippen LogP contribution is 2.37. The molecule has 2 N–H and O–H groups in total. The van der Waals surface area contributed by atoms with Crippen molar-refractivity contribution in [2.75, 3.05) is 0 Å². The van der Waals surface area contributed by atoms with Gasteiger partial charge in [-0.1, -0.05) is 51.4 Å². The summed E-state index contributed by atoms with van der Waals surface area (Å²) in [5, 5.41) is 0. The molecule has 2 aromatic carbocycles. The van der Waals surface area contributed by atoms with Gasteiger partial charge in [0.1, 0.15) is 6.61 Å². The van der Waals surface area contributed by atoms with E-state index in [1.54, 1.807) is 21.6 Å². The second-order valence-corrected chi connectivity index (χ2v) is 6.51. The van der Waals surface area contributed by atoms with Crippen molar-refractivity contribution >= 4 is 27.7 Å². The zero-order valence-corrected chi connectivity index (χ0v) is 12.7. The highest BCUT2D eigenvalue weighted by atomic mass is 33.1. The van der Waals surface area contributed by atoms with Gasteiger partial charge in [0.25, 0.3) is 0 Å². The molecular weight excluding hydrogens is 290 g/mol. The Labute approximate surface area is 126 Å². The molecule has 104 valence electrons. The van der Waals surface area contributed by atoms with E-state index in [9.17, 15) is 4.79 Å². The van der Waals surface area contributed by atoms with Crippen LogP contribution in [0.1, 0.15) is 11.1 Å². The van der Waals surface area contributed by atoms with Gasteiger partial charge in [-0.05, 0) is 36.8 Å². The van der Waals surface area contributed by atoms with Crippen molar-refractivity contribution in [2.24, 2.45) is 5.73 Å². The lowest BCUT2D eigenvalue weighted by molar-refractivity contribution is 0.150. The Kier molecular flexibility index (Phi) is 5.38. The fourth-order valence-electron chi connectivity index (χ4n) is 1.49. The molecule has 0 aromatic heterocycles. The molecule has 0 bridgehead atoms. The van der Waals surface area contributed by atoms with Gasteiger partial charge in [0, 0.05) is 9.79 Å². The molecule has 0 unspecified atom stereocenters. The van der Waals surface area contributed by atoms with Crippen LogP contribution in [0.4, 0.5) is 4.79 Å². The first-order valence-electron chi connectivity index (χ1n) is 6.06. The number of carbonyl (C=O) groups is 1. The van der Waals surface area contributed by atoms with Crippen molar-refractivity contribution in [2.45, 2.75) is 23.3 Å². The first-order valence-corrected chi connectivity index (χ1v) is 8.21. The Morgan fingerprint density at radius 3 is 2.00 bits per heavy atom. The third-order valence-corrected chi connectivity index (χ3v) is 4.98. The zero-order chi connectivity index (χ0) is 14.4. The summed E-state index contributed by atoms with van der Waals surface area (Å²) in [6, 6.07) is 16.3. The Balaban J connectivity index is 1.87. The number of hydrogen-bond donors (Lipinski definition) is 1. The summed E-state index contributed by atoms with van der Waals surface area (Å²) in [6.45, 7) is 2.29. The average molecular weight is 305 g/mol. The third kappa shape index (κ3) is 4.83. The molecule has 0 aliphatic rings. The number of primary amides is 1. The van der Waals surface area contributed by atoms with Crippen LogP contribution in [0.25, 0.3) is 0 Å². The number of ether oxygens (including phenoxy) is 1. The van der Waals surface area contributed by atoms with E-state index in [0.29, 0.717) is 0 Å². The molecule has 5 heteroatoms. The van der Waals surface area contributed by atoms with Crippen LogP contribution in [0.5, 0.6) is 0 Å². The zero-order valence-electron chi connectivity index (χ0n) is 11.0. The van der Waals surface area contributed by atoms with Gasteiger partial charge in [0.15, 0.2) is 0 Å². The van der Waals surface area contributed by atoms with Crippen LogP contribution in [0.3, 0.4) is 0 Å². The van der Waals surface area contributed by atoms with Gasteiger partial charge < -0.3 is 10.5 Å². The predicted octanol–water partition coefficient (Wildman–Crippen LogP) is 4.39. The summed E-state index contributed by atoms with van der Waals surface area (Å²) >= 11 is 0. The molecule has 0 saturated carbocycles. The third-order valence-electron chi connectivity index (χ3n) is 2.56. The smallest absolute Gasteiger partial charge is 0.404 e. The fraction of sp³-hybridized carbons (Fsp3) is 0.133. The Hall–Kier alpha value is -1.59. The normalized spacial score (nSPS) is 10.2. The molecule has 0 spiro atoms. The molecule has 0 radical (unpaired) electrons. The largest absolute Gasteiger partial charge is 0.445 e. The predicted molar refractivity (Wildman–Crippen MR) is 83.7 cm³/mol. The molecule has 20 heavy (non-hydrogen) atoms. The van der Waals surface area contributed by atoms with E-state index in [4.69, 9.17) is 10.5 Å². The first kappa shape index (κ1) is 14.8. The van der Waals surface area contributed by atoms with Gasteiger partial charge in [0.05, 0.1) is 0 Å². The second kappa shape index (κ2) is 7.26. The van der Waals surface area contributed by atoms with Crippen LogP contribution in [0, 0.1) is 6.92 Å². The lowest BCUT2D eigenvalue weighted by atomic mass is 10.2. The highest BCUT2D eigenvalue weighted by Gasteiger charge is 2.00. The van der Waals surface area contributed by atoms with Gasteiger partial charge in [-0.15, -0.1) is 0 Å². The maximum atomic E-state index is 10.5. The standard InChI is InChI=1S/C15H15NO2S2/c1-11-2-6-13(7-3-11)19-20-14-8-4-12(5-9-14)10-18-15(16)17/h2-9H,10H2,1H3,(H2,16,17). The summed E-state index contributed by atoms with van der Waals surface area (Å²) in [5.41, 5.74) is 7.11. The number of nitrogens with two attached hydrogens (primary N) is 1. The molecule has 0 aliphatic heterocycles. The molecule has 3 nitrogen and oxygen atoms in total. The molecule has 0 atom stereocenters. The van der Waals surface area contributed by atoms with Crippen molar-refractivity contribution in [3.63, 3.8) is 0 Å². The molecule has 0 fully saturated rings. The summed E-state index contributed by atoms with van der Waals surface area (Å²) in [4.78, 5) is 12.9. The van der Waals surface area contributed by atoms with E-state index < -0.39 is 6.09 Å². The van der Waals surface area contributed by atoms with E-state index >= 15 is 0 Å². The number of benzene rings is 2. The van der Waals surface area contributed by atoms with E-state index in [1.807, 2.05) is 24.3 Å². The van der Waals surface area contributed by atoms with Crippen LogP contribution in [0.15, 0.2) is 58.3 Å². The van der Waals surface area contributed by atoms with Crippen LogP contribution in [-0.4, -0.2) is 6.09 Å². The monoisotopic (exact) mass is 305 g/mol. The number of rotatable bonds is 5. The minimum atomic E-state index is -0.752. The summed E-state index contributed by atoms with van der Waals surface area (Å²) in [7, 11) is 3.41. The van der Waals surface area contributed by atoms with Gasteiger partial charge in [0.2, 0.25) is 0 Å². The lowest BCUT2D eigenvalue weighted by Crippen LogP contribution is -2.12. The quantitative estimate of drug-likeness (QED) is 0.832. The van der Waals surface area contributed by atoms with Gasteiger partial charge in [-0.2, -0.15) is 0 Å². The molecule has 0 aliphatic carbocycles. The summed E-state index contributed by atoms with van der Waals surface area (Å²) in [5.74, 6) is 0. The van der Waals surface area contributed by atoms with Crippen LogP contribution >= 0.6 is 21.6 Å². The minimum Gasteiger partial charge on any atom is -0.445 e. The van der Waals surface area contributed by atoms with Crippen LogP contribution < -0.4 is 5.73 Å². The molecule has 0 heterocycles. The fourth-order valence-corrected chi connectivity index (χ4v) is 3.42. The Morgan fingerprint density at radius 2 is 1.50 bits per heavy atom. The topological polar surface area (TPSA) is 52.3 Å². The van der Waals surface area contributed by atoms with E-state index in [1.165, 1.54) is 10.5 Å². The van der Waals surface area contributed by atoms with Crippen molar-refractivity contribution in [3.8, 4) is 0 Å². The Morgan fingerprint density at radius 1 is 1.00 bits per heavy atom. The molecule has 2 rings (SSSR count). The van der Waals surface area contributed by atoms with Crippen LogP contribution in [-0.2, 0) is 11.3 Å². The van der Waals surface area contributed by atoms with Gasteiger partial charge in [-0.25, -0.2) is 4.79 Å². The highest BCUT2D eigenvalue weighted by molar-refractivity contribution is 8.76. The van der Waals surface area contributed by atoms with Crippen molar-refractivity contribution in [1.29, 1.82) is 0 Å². The number of aryl methyl sites for hydroxylation is 1.